The minimum absolute atomic E-state index is 0.0404. The molecular formula is C13H24O3. The van der Waals surface area contributed by atoms with Crippen molar-refractivity contribution in [1.29, 1.82) is 0 Å². The van der Waals surface area contributed by atoms with E-state index in [2.05, 4.69) is 20.8 Å². The Labute approximate surface area is 97.9 Å². The molecule has 0 spiro atoms. The first-order valence-electron chi connectivity index (χ1n) is 6.29. The van der Waals surface area contributed by atoms with E-state index in [-0.39, 0.29) is 5.92 Å². The van der Waals surface area contributed by atoms with Crippen LogP contribution in [0.5, 0.6) is 0 Å². The number of aliphatic hydroxyl groups is 1. The lowest BCUT2D eigenvalue weighted by molar-refractivity contribution is -0.150. The monoisotopic (exact) mass is 228 g/mol. The Morgan fingerprint density at radius 1 is 1.31 bits per heavy atom. The third-order valence-corrected chi connectivity index (χ3v) is 4.49. The summed E-state index contributed by atoms with van der Waals surface area (Å²) in [7, 11) is 0. The van der Waals surface area contributed by atoms with Gasteiger partial charge in [0.2, 0.25) is 0 Å². The zero-order valence-corrected chi connectivity index (χ0v) is 10.6. The molecule has 16 heavy (non-hydrogen) atoms. The van der Waals surface area contributed by atoms with Crippen molar-refractivity contribution in [2.24, 2.45) is 17.3 Å². The molecule has 1 fully saturated rings. The van der Waals surface area contributed by atoms with Crippen LogP contribution in [0.25, 0.3) is 0 Å². The molecule has 94 valence electrons. The quantitative estimate of drug-likeness (QED) is 0.777. The summed E-state index contributed by atoms with van der Waals surface area (Å²) in [5.41, 5.74) is 0.346. The standard InChI is InChI=1S/C13H24O3/c1-4-13(2,3)10-7-5-9(6-8-10)11(14)12(15)16/h9-11,14H,4-8H2,1-3H3,(H,15,16). The van der Waals surface area contributed by atoms with E-state index < -0.39 is 12.1 Å². The van der Waals surface area contributed by atoms with Gasteiger partial charge in [0.05, 0.1) is 0 Å². The third kappa shape index (κ3) is 2.97. The second-order valence-corrected chi connectivity index (χ2v) is 5.74. The molecule has 1 aliphatic rings. The predicted octanol–water partition coefficient (Wildman–Crippen LogP) is 2.67. The summed E-state index contributed by atoms with van der Waals surface area (Å²) in [5, 5.41) is 18.3. The Hall–Kier alpha value is -0.570. The van der Waals surface area contributed by atoms with E-state index in [1.165, 1.54) is 0 Å². The average molecular weight is 228 g/mol. The van der Waals surface area contributed by atoms with Crippen molar-refractivity contribution < 1.29 is 15.0 Å². The van der Waals surface area contributed by atoms with E-state index in [1.807, 2.05) is 0 Å². The molecule has 1 unspecified atom stereocenters. The molecule has 3 nitrogen and oxygen atoms in total. The molecule has 0 aliphatic heterocycles. The summed E-state index contributed by atoms with van der Waals surface area (Å²) in [5.74, 6) is -0.436. The lowest BCUT2D eigenvalue weighted by Gasteiger charge is -2.39. The fourth-order valence-electron chi connectivity index (χ4n) is 2.71. The second-order valence-electron chi connectivity index (χ2n) is 5.74. The first kappa shape index (κ1) is 13.5. The summed E-state index contributed by atoms with van der Waals surface area (Å²) in [6.07, 6.45) is 3.80. The number of rotatable bonds is 4. The summed E-state index contributed by atoms with van der Waals surface area (Å²) >= 11 is 0. The molecule has 1 rings (SSSR count). The molecule has 0 radical (unpaired) electrons. The van der Waals surface area contributed by atoms with Crippen LogP contribution in [0.4, 0.5) is 0 Å². The van der Waals surface area contributed by atoms with Gasteiger partial charge in [-0.15, -0.1) is 0 Å². The fraction of sp³-hybridized carbons (Fsp3) is 0.923. The Morgan fingerprint density at radius 3 is 2.19 bits per heavy atom. The molecule has 2 N–H and O–H groups in total. The molecular weight excluding hydrogens is 204 g/mol. The van der Waals surface area contributed by atoms with E-state index in [4.69, 9.17) is 5.11 Å². The van der Waals surface area contributed by atoms with Gasteiger partial charge in [0, 0.05) is 0 Å². The molecule has 3 heteroatoms. The molecule has 0 aromatic rings. The highest BCUT2D eigenvalue weighted by Gasteiger charge is 2.35. The van der Waals surface area contributed by atoms with Crippen molar-refractivity contribution in [3.63, 3.8) is 0 Å². The van der Waals surface area contributed by atoms with Crippen LogP contribution in [0.2, 0.25) is 0 Å². The number of carboxylic acid groups (broad SMARTS) is 1. The number of hydrogen-bond donors (Lipinski definition) is 2. The molecule has 1 atom stereocenters. The van der Waals surface area contributed by atoms with Crippen LogP contribution in [-0.2, 0) is 4.79 Å². The van der Waals surface area contributed by atoms with Gasteiger partial charge in [-0.25, -0.2) is 4.79 Å². The van der Waals surface area contributed by atoms with Crippen LogP contribution < -0.4 is 0 Å². The highest BCUT2D eigenvalue weighted by Crippen LogP contribution is 2.42. The maximum absolute atomic E-state index is 10.7. The Balaban J connectivity index is 2.48. The maximum Gasteiger partial charge on any atom is 0.332 e. The van der Waals surface area contributed by atoms with Gasteiger partial charge in [0.15, 0.2) is 6.10 Å². The van der Waals surface area contributed by atoms with Crippen LogP contribution in [0.3, 0.4) is 0 Å². The summed E-state index contributed by atoms with van der Waals surface area (Å²) < 4.78 is 0. The summed E-state index contributed by atoms with van der Waals surface area (Å²) in [4.78, 5) is 10.7. The van der Waals surface area contributed by atoms with Gasteiger partial charge in [-0.3, -0.25) is 0 Å². The Kier molecular flexibility index (Phi) is 4.36. The largest absolute Gasteiger partial charge is 0.479 e. The average Bonchev–Trinajstić information content (AvgIpc) is 2.28. The topological polar surface area (TPSA) is 57.5 Å². The lowest BCUT2D eigenvalue weighted by atomic mass is 9.67. The number of aliphatic hydroxyl groups excluding tert-OH is 1. The number of aliphatic carboxylic acids is 1. The first-order valence-corrected chi connectivity index (χ1v) is 6.29. The van der Waals surface area contributed by atoms with Gasteiger partial charge in [-0.1, -0.05) is 27.2 Å². The van der Waals surface area contributed by atoms with Crippen LogP contribution >= 0.6 is 0 Å². The normalized spacial score (nSPS) is 28.8. The van der Waals surface area contributed by atoms with Crippen LogP contribution in [0.1, 0.15) is 52.9 Å². The smallest absolute Gasteiger partial charge is 0.332 e. The lowest BCUT2D eigenvalue weighted by Crippen LogP contribution is -2.35. The van der Waals surface area contributed by atoms with Crippen LogP contribution in [0, 0.1) is 17.3 Å². The number of carboxylic acids is 1. The number of hydrogen-bond acceptors (Lipinski definition) is 2. The molecule has 0 aromatic carbocycles. The van der Waals surface area contributed by atoms with Gasteiger partial charge in [-0.2, -0.15) is 0 Å². The van der Waals surface area contributed by atoms with E-state index >= 15 is 0 Å². The highest BCUT2D eigenvalue weighted by molar-refractivity contribution is 5.72. The summed E-state index contributed by atoms with van der Waals surface area (Å²) in [6.45, 7) is 6.77. The van der Waals surface area contributed by atoms with Gasteiger partial charge >= 0.3 is 5.97 Å². The van der Waals surface area contributed by atoms with Crippen LogP contribution in [0.15, 0.2) is 0 Å². The van der Waals surface area contributed by atoms with Crippen molar-refractivity contribution in [3.8, 4) is 0 Å². The van der Waals surface area contributed by atoms with E-state index in [0.717, 1.165) is 32.1 Å². The SMILES string of the molecule is CCC(C)(C)C1CCC(C(O)C(=O)O)CC1. The zero-order chi connectivity index (χ0) is 12.3. The van der Waals surface area contributed by atoms with E-state index in [1.54, 1.807) is 0 Å². The Morgan fingerprint density at radius 2 is 1.81 bits per heavy atom. The highest BCUT2D eigenvalue weighted by atomic mass is 16.4. The van der Waals surface area contributed by atoms with E-state index in [9.17, 15) is 9.90 Å². The third-order valence-electron chi connectivity index (χ3n) is 4.49. The summed E-state index contributed by atoms with van der Waals surface area (Å²) in [6, 6.07) is 0. The minimum Gasteiger partial charge on any atom is -0.479 e. The second kappa shape index (κ2) is 5.17. The number of carbonyl (C=O) groups is 1. The molecule has 0 aromatic heterocycles. The minimum atomic E-state index is -1.16. The van der Waals surface area contributed by atoms with Gasteiger partial charge in [-0.05, 0) is 42.9 Å². The molecule has 1 saturated carbocycles. The molecule has 0 heterocycles. The van der Waals surface area contributed by atoms with Crippen molar-refractivity contribution in [3.05, 3.63) is 0 Å². The predicted molar refractivity (Wildman–Crippen MR) is 63.2 cm³/mol. The van der Waals surface area contributed by atoms with E-state index in [0.29, 0.717) is 11.3 Å². The maximum atomic E-state index is 10.7. The van der Waals surface area contributed by atoms with Crippen molar-refractivity contribution in [2.75, 3.05) is 0 Å². The Bertz CT molecular complexity index is 240. The van der Waals surface area contributed by atoms with Gasteiger partial charge in [0.1, 0.15) is 0 Å². The molecule has 0 amide bonds. The van der Waals surface area contributed by atoms with Gasteiger partial charge in [0.25, 0.3) is 0 Å². The fourth-order valence-corrected chi connectivity index (χ4v) is 2.71. The van der Waals surface area contributed by atoms with Gasteiger partial charge < -0.3 is 10.2 Å². The molecule has 1 aliphatic carbocycles. The van der Waals surface area contributed by atoms with Crippen LogP contribution in [-0.4, -0.2) is 22.3 Å². The molecule has 0 bridgehead atoms. The zero-order valence-electron chi connectivity index (χ0n) is 10.6. The van der Waals surface area contributed by atoms with Crippen molar-refractivity contribution in [2.45, 2.75) is 59.0 Å². The van der Waals surface area contributed by atoms with Crippen molar-refractivity contribution >= 4 is 5.97 Å². The first-order chi connectivity index (χ1) is 7.38. The van der Waals surface area contributed by atoms with Crippen molar-refractivity contribution in [1.82, 2.24) is 0 Å². The molecule has 0 saturated heterocycles.